The Morgan fingerprint density at radius 2 is 2.08 bits per heavy atom. The van der Waals surface area contributed by atoms with Gasteiger partial charge in [0, 0.05) is 37.3 Å². The summed E-state index contributed by atoms with van der Waals surface area (Å²) in [6, 6.07) is 0.0990. The number of hydrogen-bond donors (Lipinski definition) is 2. The second kappa shape index (κ2) is 6.87. The zero-order valence-corrected chi connectivity index (χ0v) is 16.6. The van der Waals surface area contributed by atoms with E-state index in [1.54, 1.807) is 6.33 Å². The first-order valence-electron chi connectivity index (χ1n) is 9.23. The summed E-state index contributed by atoms with van der Waals surface area (Å²) in [4.78, 5) is 16.1. The fourth-order valence-electron chi connectivity index (χ4n) is 3.78. The van der Waals surface area contributed by atoms with Crippen LogP contribution in [0.5, 0.6) is 0 Å². The van der Waals surface area contributed by atoms with Crippen LogP contribution in [0.1, 0.15) is 62.3 Å². The van der Waals surface area contributed by atoms with Crippen LogP contribution < -0.4 is 10.6 Å². The van der Waals surface area contributed by atoms with Gasteiger partial charge in [-0.3, -0.25) is 9.48 Å². The van der Waals surface area contributed by atoms with E-state index in [-0.39, 0.29) is 23.5 Å². The number of carbonyl (C=O) groups excluding carboxylic acids is 1. The normalized spacial score (nSPS) is 21.1. The molecule has 2 N–H and O–H groups in total. The number of amides is 1. The van der Waals surface area contributed by atoms with Crippen molar-refractivity contribution >= 4 is 5.91 Å². The number of nitrogens with zero attached hydrogens (tertiary/aromatic N) is 4. The predicted molar refractivity (Wildman–Crippen MR) is 101 cm³/mol. The zero-order chi connectivity index (χ0) is 19.1. The van der Waals surface area contributed by atoms with Crippen molar-refractivity contribution in [2.75, 3.05) is 0 Å². The predicted octanol–water partition coefficient (Wildman–Crippen LogP) is 2.10. The molecule has 7 heteroatoms. The molecule has 26 heavy (non-hydrogen) atoms. The van der Waals surface area contributed by atoms with E-state index in [0.29, 0.717) is 6.42 Å². The monoisotopic (exact) mass is 358 g/mol. The second-order valence-electron chi connectivity index (χ2n) is 8.23. The molecule has 2 atom stereocenters. The van der Waals surface area contributed by atoms with Crippen molar-refractivity contribution in [3.63, 3.8) is 0 Å². The first-order chi connectivity index (χ1) is 12.2. The molecular formula is C19H30N6O. The summed E-state index contributed by atoms with van der Waals surface area (Å²) in [7, 11) is 1.96. The zero-order valence-electron chi connectivity index (χ0n) is 16.6. The molecule has 0 unspecified atom stereocenters. The minimum atomic E-state index is -0.0676. The van der Waals surface area contributed by atoms with E-state index in [1.807, 2.05) is 17.8 Å². The average molecular weight is 358 g/mol. The van der Waals surface area contributed by atoms with Crippen molar-refractivity contribution < 1.29 is 4.79 Å². The quantitative estimate of drug-likeness (QED) is 0.877. The molecule has 2 aromatic rings. The van der Waals surface area contributed by atoms with Crippen molar-refractivity contribution in [3.05, 3.63) is 35.2 Å². The van der Waals surface area contributed by atoms with Gasteiger partial charge in [0.25, 0.3) is 0 Å². The van der Waals surface area contributed by atoms with Gasteiger partial charge in [-0.15, -0.1) is 0 Å². The Balaban J connectivity index is 1.79. The van der Waals surface area contributed by atoms with Gasteiger partial charge in [-0.05, 0) is 41.0 Å². The van der Waals surface area contributed by atoms with Gasteiger partial charge in [-0.2, -0.15) is 5.10 Å². The van der Waals surface area contributed by atoms with Crippen LogP contribution in [-0.2, 0) is 23.9 Å². The van der Waals surface area contributed by atoms with E-state index in [4.69, 9.17) is 5.10 Å². The van der Waals surface area contributed by atoms with E-state index in [0.717, 1.165) is 24.4 Å². The SMILES string of the molecule is Cc1nn(C(C)(C)C)c(C)c1CN[C@@H]1CCC(=O)N[C@H]1c1cncn1C. The number of aromatic nitrogens is 4. The number of nitrogens with one attached hydrogen (secondary N) is 2. The summed E-state index contributed by atoms with van der Waals surface area (Å²) in [5.74, 6) is 0.0992. The van der Waals surface area contributed by atoms with E-state index in [2.05, 4.69) is 54.9 Å². The van der Waals surface area contributed by atoms with Gasteiger partial charge in [0.2, 0.25) is 5.91 Å². The highest BCUT2D eigenvalue weighted by Gasteiger charge is 2.32. The molecule has 0 spiro atoms. The molecular weight excluding hydrogens is 328 g/mol. The summed E-state index contributed by atoms with van der Waals surface area (Å²) >= 11 is 0. The molecule has 3 rings (SSSR count). The molecule has 1 saturated heterocycles. The molecule has 1 fully saturated rings. The third kappa shape index (κ3) is 3.53. The molecule has 0 aliphatic carbocycles. The first kappa shape index (κ1) is 18.6. The Labute approximate surface area is 155 Å². The van der Waals surface area contributed by atoms with Gasteiger partial charge in [-0.25, -0.2) is 4.98 Å². The standard InChI is InChI=1S/C19H30N6O/c1-12-14(13(2)25(23-12)19(3,4)5)9-21-15-7-8-17(26)22-18(15)16-10-20-11-24(16)6/h10-11,15,18,21H,7-9H2,1-6H3,(H,22,26)/t15-,18-/m1/s1. The molecule has 0 aromatic carbocycles. The summed E-state index contributed by atoms with van der Waals surface area (Å²) in [6.07, 6.45) is 4.96. The summed E-state index contributed by atoms with van der Waals surface area (Å²) < 4.78 is 4.07. The van der Waals surface area contributed by atoms with Gasteiger partial charge >= 0.3 is 0 Å². The van der Waals surface area contributed by atoms with Crippen LogP contribution in [-0.4, -0.2) is 31.3 Å². The van der Waals surface area contributed by atoms with Crippen molar-refractivity contribution in [2.24, 2.45) is 7.05 Å². The smallest absolute Gasteiger partial charge is 0.220 e. The van der Waals surface area contributed by atoms with Gasteiger partial charge in [0.1, 0.15) is 0 Å². The van der Waals surface area contributed by atoms with Gasteiger partial charge in [0.05, 0.1) is 35.5 Å². The molecule has 142 valence electrons. The largest absolute Gasteiger partial charge is 0.346 e. The van der Waals surface area contributed by atoms with Crippen LogP contribution in [0.4, 0.5) is 0 Å². The van der Waals surface area contributed by atoms with Crippen LogP contribution in [0.2, 0.25) is 0 Å². The van der Waals surface area contributed by atoms with E-state index >= 15 is 0 Å². The number of piperidine rings is 1. The molecule has 3 heterocycles. The Hall–Kier alpha value is -2.15. The van der Waals surface area contributed by atoms with E-state index < -0.39 is 0 Å². The molecule has 1 aliphatic rings. The maximum atomic E-state index is 11.9. The van der Waals surface area contributed by atoms with Gasteiger partial charge in [0.15, 0.2) is 0 Å². The summed E-state index contributed by atoms with van der Waals surface area (Å²) in [5, 5.41) is 11.5. The molecule has 1 amide bonds. The lowest BCUT2D eigenvalue weighted by Crippen LogP contribution is -2.48. The third-order valence-electron chi connectivity index (χ3n) is 5.19. The van der Waals surface area contributed by atoms with Crippen LogP contribution in [0.3, 0.4) is 0 Å². The highest BCUT2D eigenvalue weighted by Crippen LogP contribution is 2.26. The molecule has 0 bridgehead atoms. The third-order valence-corrected chi connectivity index (χ3v) is 5.19. The highest BCUT2D eigenvalue weighted by molar-refractivity contribution is 5.77. The van der Waals surface area contributed by atoms with Crippen molar-refractivity contribution in [1.82, 2.24) is 30.0 Å². The Morgan fingerprint density at radius 3 is 2.65 bits per heavy atom. The Morgan fingerprint density at radius 1 is 1.35 bits per heavy atom. The number of imidazole rings is 1. The van der Waals surface area contributed by atoms with Crippen LogP contribution in [0.15, 0.2) is 12.5 Å². The fraction of sp³-hybridized carbons (Fsp3) is 0.632. The van der Waals surface area contributed by atoms with Crippen LogP contribution >= 0.6 is 0 Å². The van der Waals surface area contributed by atoms with E-state index in [9.17, 15) is 4.79 Å². The lowest BCUT2D eigenvalue weighted by molar-refractivity contribution is -0.124. The fourth-order valence-corrected chi connectivity index (χ4v) is 3.78. The number of aryl methyl sites for hydroxylation is 2. The molecule has 2 aromatic heterocycles. The maximum Gasteiger partial charge on any atom is 0.220 e. The summed E-state index contributed by atoms with van der Waals surface area (Å²) in [5.41, 5.74) is 4.47. The lowest BCUT2D eigenvalue weighted by Gasteiger charge is -2.33. The van der Waals surface area contributed by atoms with Crippen LogP contribution in [0, 0.1) is 13.8 Å². The summed E-state index contributed by atoms with van der Waals surface area (Å²) in [6.45, 7) is 11.4. The molecule has 0 radical (unpaired) electrons. The van der Waals surface area contributed by atoms with Crippen molar-refractivity contribution in [1.29, 1.82) is 0 Å². The second-order valence-corrected chi connectivity index (χ2v) is 8.23. The minimum absolute atomic E-state index is 0.0385. The number of carbonyl (C=O) groups is 1. The van der Waals surface area contributed by atoms with Crippen molar-refractivity contribution in [3.8, 4) is 0 Å². The minimum Gasteiger partial charge on any atom is -0.346 e. The van der Waals surface area contributed by atoms with Crippen LogP contribution in [0.25, 0.3) is 0 Å². The Kier molecular flexibility index (Phi) is 4.92. The topological polar surface area (TPSA) is 76.8 Å². The maximum absolute atomic E-state index is 11.9. The molecule has 7 nitrogen and oxygen atoms in total. The Bertz CT molecular complexity index is 798. The lowest BCUT2D eigenvalue weighted by atomic mass is 9.95. The van der Waals surface area contributed by atoms with Gasteiger partial charge in [-0.1, -0.05) is 0 Å². The highest BCUT2D eigenvalue weighted by atomic mass is 16.1. The van der Waals surface area contributed by atoms with Crippen molar-refractivity contribution in [2.45, 2.75) is 71.6 Å². The number of hydrogen-bond acceptors (Lipinski definition) is 4. The van der Waals surface area contributed by atoms with Gasteiger partial charge < -0.3 is 15.2 Å². The number of rotatable bonds is 4. The molecule has 0 saturated carbocycles. The average Bonchev–Trinajstić information content (AvgIpc) is 3.10. The molecule has 1 aliphatic heterocycles. The first-order valence-corrected chi connectivity index (χ1v) is 9.23. The van der Waals surface area contributed by atoms with E-state index in [1.165, 1.54) is 11.3 Å².